The molecular weight excluding hydrogens is 412 g/mol. The van der Waals surface area contributed by atoms with Crippen molar-refractivity contribution in [3.8, 4) is 0 Å². The highest BCUT2D eigenvalue weighted by Gasteiger charge is 2.16. The maximum atomic E-state index is 5.83. The molecule has 0 unspecified atom stereocenters. The van der Waals surface area contributed by atoms with Gasteiger partial charge in [0.05, 0.1) is 26.4 Å². The predicted molar refractivity (Wildman–Crippen MR) is 125 cm³/mol. The second-order valence-electron chi connectivity index (χ2n) is 7.43. The second kappa shape index (κ2) is 10.9. The van der Waals surface area contributed by atoms with Gasteiger partial charge < -0.3 is 4.74 Å². The Hall–Kier alpha value is -1.93. The third-order valence-corrected chi connectivity index (χ3v) is 6.66. The third kappa shape index (κ3) is 5.82. The van der Waals surface area contributed by atoms with Crippen LogP contribution < -0.4 is 0 Å². The Morgan fingerprint density at radius 1 is 0.933 bits per heavy atom. The highest BCUT2D eigenvalue weighted by atomic mass is 32.2. The average Bonchev–Trinajstić information content (AvgIpc) is 3.08. The van der Waals surface area contributed by atoms with Crippen LogP contribution in [0.25, 0.3) is 0 Å². The summed E-state index contributed by atoms with van der Waals surface area (Å²) in [5, 5.41) is 4.92. The summed E-state index contributed by atoms with van der Waals surface area (Å²) in [5.74, 6) is 3.11. The largest absolute Gasteiger partial charge is 0.379 e. The maximum Gasteiger partial charge on any atom is 0.199 e. The quantitative estimate of drug-likeness (QED) is 0.368. The van der Waals surface area contributed by atoms with Crippen molar-refractivity contribution in [1.82, 2.24) is 19.2 Å². The van der Waals surface area contributed by atoms with Gasteiger partial charge in [0.1, 0.15) is 5.82 Å². The predicted octanol–water partition coefficient (Wildman–Crippen LogP) is 4.23. The van der Waals surface area contributed by atoms with Crippen molar-refractivity contribution in [2.75, 3.05) is 32.1 Å². The number of ether oxygens (including phenoxy) is 1. The monoisotopic (exact) mass is 440 g/mol. The van der Waals surface area contributed by atoms with E-state index in [1.165, 1.54) is 11.1 Å². The number of nitrogens with zero attached hydrogens (tertiary/aromatic N) is 4. The number of rotatable bonds is 9. The molecule has 0 aliphatic carbocycles. The summed E-state index contributed by atoms with van der Waals surface area (Å²) < 4.78 is 10.5. The average molecular weight is 441 g/mol. The molecule has 1 aromatic heterocycles. The first-order valence-corrected chi connectivity index (χ1v) is 12.0. The van der Waals surface area contributed by atoms with Gasteiger partial charge in [0, 0.05) is 31.0 Å². The SMILES string of the molecule is S=c1n(CN2CCOCC2)nc(CCSCc2ccccc2)n1Cc1ccccc1. The van der Waals surface area contributed by atoms with Crippen molar-refractivity contribution in [1.29, 1.82) is 0 Å². The zero-order valence-corrected chi connectivity index (χ0v) is 18.8. The van der Waals surface area contributed by atoms with E-state index in [9.17, 15) is 0 Å². The van der Waals surface area contributed by atoms with Crippen LogP contribution in [0.15, 0.2) is 60.7 Å². The van der Waals surface area contributed by atoms with Crippen molar-refractivity contribution in [3.05, 3.63) is 82.4 Å². The van der Waals surface area contributed by atoms with E-state index in [0.717, 1.165) is 68.0 Å². The van der Waals surface area contributed by atoms with Crippen LogP contribution in [0.4, 0.5) is 0 Å². The molecule has 2 aromatic carbocycles. The van der Waals surface area contributed by atoms with Gasteiger partial charge in [-0.3, -0.25) is 9.47 Å². The molecule has 1 aliphatic rings. The lowest BCUT2D eigenvalue weighted by Gasteiger charge is -2.26. The molecule has 0 spiro atoms. The molecule has 1 saturated heterocycles. The van der Waals surface area contributed by atoms with Gasteiger partial charge in [0.2, 0.25) is 0 Å². The van der Waals surface area contributed by atoms with Crippen molar-refractivity contribution < 1.29 is 4.74 Å². The molecule has 30 heavy (non-hydrogen) atoms. The van der Waals surface area contributed by atoms with E-state index in [1.54, 1.807) is 0 Å². The van der Waals surface area contributed by atoms with E-state index in [-0.39, 0.29) is 0 Å². The first-order valence-electron chi connectivity index (χ1n) is 10.4. The lowest BCUT2D eigenvalue weighted by molar-refractivity contribution is 0.0209. The number of thioether (sulfide) groups is 1. The van der Waals surface area contributed by atoms with Crippen LogP contribution in [-0.4, -0.2) is 51.3 Å². The van der Waals surface area contributed by atoms with Crippen molar-refractivity contribution in [2.45, 2.75) is 25.4 Å². The van der Waals surface area contributed by atoms with Gasteiger partial charge >= 0.3 is 0 Å². The van der Waals surface area contributed by atoms with Crippen molar-refractivity contribution in [2.24, 2.45) is 0 Å². The van der Waals surface area contributed by atoms with E-state index in [4.69, 9.17) is 22.1 Å². The number of hydrogen-bond acceptors (Lipinski definition) is 5. The zero-order valence-electron chi connectivity index (χ0n) is 17.2. The number of hydrogen-bond donors (Lipinski definition) is 0. The van der Waals surface area contributed by atoms with Gasteiger partial charge in [-0.2, -0.15) is 16.9 Å². The highest BCUT2D eigenvalue weighted by molar-refractivity contribution is 7.98. The number of benzene rings is 2. The Balaban J connectivity index is 1.46. The van der Waals surface area contributed by atoms with E-state index in [2.05, 4.69) is 64.1 Å². The molecule has 1 fully saturated rings. The fourth-order valence-corrected chi connectivity index (χ4v) is 4.72. The fourth-order valence-electron chi connectivity index (χ4n) is 3.55. The van der Waals surface area contributed by atoms with Gasteiger partial charge in [-0.05, 0) is 23.3 Å². The Kier molecular flexibility index (Phi) is 7.75. The molecule has 0 atom stereocenters. The Morgan fingerprint density at radius 3 is 2.30 bits per heavy atom. The first-order chi connectivity index (χ1) is 14.8. The first kappa shape index (κ1) is 21.3. The van der Waals surface area contributed by atoms with E-state index < -0.39 is 0 Å². The molecule has 0 N–H and O–H groups in total. The van der Waals surface area contributed by atoms with Crippen LogP contribution in [0.1, 0.15) is 17.0 Å². The molecule has 1 aliphatic heterocycles. The summed E-state index contributed by atoms with van der Waals surface area (Å²) in [4.78, 5) is 2.35. The molecule has 2 heterocycles. The smallest absolute Gasteiger partial charge is 0.199 e. The van der Waals surface area contributed by atoms with Crippen LogP contribution in [0, 0.1) is 4.77 Å². The standard InChI is InChI=1S/C23H28N4OS2/c29-23-26(17-20-7-3-1-4-8-20)22(11-16-30-18-21-9-5-2-6-10-21)24-27(23)19-25-12-14-28-15-13-25/h1-10H,11-19H2. The summed E-state index contributed by atoms with van der Waals surface area (Å²) >= 11 is 7.78. The Morgan fingerprint density at radius 2 is 1.60 bits per heavy atom. The maximum absolute atomic E-state index is 5.83. The van der Waals surface area contributed by atoms with Crippen LogP contribution in [0.5, 0.6) is 0 Å². The molecule has 0 amide bonds. The molecule has 0 saturated carbocycles. The topological polar surface area (TPSA) is 35.2 Å². The minimum atomic E-state index is 0.730. The molecule has 7 heteroatoms. The van der Waals surface area contributed by atoms with Gasteiger partial charge in [0.15, 0.2) is 4.77 Å². The molecule has 5 nitrogen and oxygen atoms in total. The normalized spacial score (nSPS) is 14.8. The Labute approximate surface area is 187 Å². The number of morpholine rings is 1. The lowest BCUT2D eigenvalue weighted by atomic mass is 10.2. The third-order valence-electron chi connectivity index (χ3n) is 5.20. The van der Waals surface area contributed by atoms with Crippen LogP contribution in [0.2, 0.25) is 0 Å². The van der Waals surface area contributed by atoms with Crippen molar-refractivity contribution >= 4 is 24.0 Å². The number of aryl methyl sites for hydroxylation is 1. The molecule has 0 radical (unpaired) electrons. The van der Waals surface area contributed by atoms with E-state index >= 15 is 0 Å². The molecule has 0 bridgehead atoms. The van der Waals surface area contributed by atoms with Gasteiger partial charge in [-0.25, -0.2) is 4.68 Å². The van der Waals surface area contributed by atoms with Gasteiger partial charge in [-0.15, -0.1) is 0 Å². The molecular formula is C23H28N4OS2. The minimum Gasteiger partial charge on any atom is -0.379 e. The minimum absolute atomic E-state index is 0.730. The zero-order chi connectivity index (χ0) is 20.6. The fraction of sp³-hybridized carbons (Fsp3) is 0.391. The summed E-state index contributed by atoms with van der Waals surface area (Å²) in [6.07, 6.45) is 0.907. The van der Waals surface area contributed by atoms with Crippen LogP contribution >= 0.6 is 24.0 Å². The molecule has 158 valence electrons. The second-order valence-corrected chi connectivity index (χ2v) is 8.90. The molecule has 4 rings (SSSR count). The lowest BCUT2D eigenvalue weighted by Crippen LogP contribution is -2.37. The van der Waals surface area contributed by atoms with Gasteiger partial charge in [-0.1, -0.05) is 60.7 Å². The summed E-state index contributed by atoms with van der Waals surface area (Å²) in [6, 6.07) is 21.1. The summed E-state index contributed by atoms with van der Waals surface area (Å²) in [7, 11) is 0. The summed E-state index contributed by atoms with van der Waals surface area (Å²) in [5.41, 5.74) is 2.61. The molecule has 3 aromatic rings. The van der Waals surface area contributed by atoms with Crippen molar-refractivity contribution in [3.63, 3.8) is 0 Å². The van der Waals surface area contributed by atoms with Crippen LogP contribution in [-0.2, 0) is 30.1 Å². The Bertz CT molecular complexity index is 966. The van der Waals surface area contributed by atoms with E-state index in [1.807, 2.05) is 22.5 Å². The summed E-state index contributed by atoms with van der Waals surface area (Å²) in [6.45, 7) is 4.91. The van der Waals surface area contributed by atoms with Crippen LogP contribution in [0.3, 0.4) is 0 Å². The highest BCUT2D eigenvalue weighted by Crippen LogP contribution is 2.15. The number of aromatic nitrogens is 3. The van der Waals surface area contributed by atoms with E-state index in [0.29, 0.717) is 0 Å². The van der Waals surface area contributed by atoms with Gasteiger partial charge in [0.25, 0.3) is 0 Å².